The van der Waals surface area contributed by atoms with E-state index in [2.05, 4.69) is 21.3 Å². The molecule has 0 aromatic heterocycles. The van der Waals surface area contributed by atoms with Crippen LogP contribution in [0.15, 0.2) is 30.3 Å². The van der Waals surface area contributed by atoms with Gasteiger partial charge < -0.3 is 21.3 Å². The van der Waals surface area contributed by atoms with Gasteiger partial charge in [0, 0.05) is 6.54 Å². The first-order valence-electron chi connectivity index (χ1n) is 11.5. The first kappa shape index (κ1) is 24.9. The van der Waals surface area contributed by atoms with Gasteiger partial charge in [-0.1, -0.05) is 57.0 Å². The van der Waals surface area contributed by atoms with Crippen LogP contribution in [0.5, 0.6) is 0 Å². The largest absolute Gasteiger partial charge is 0.354 e. The predicted molar refractivity (Wildman–Crippen MR) is 122 cm³/mol. The molecule has 3 amide bonds. The lowest BCUT2D eigenvalue weighted by molar-refractivity contribution is -0.132. The molecule has 7 heteroatoms. The summed E-state index contributed by atoms with van der Waals surface area (Å²) in [6, 6.07) is 8.14. The van der Waals surface area contributed by atoms with Crippen molar-refractivity contribution in [1.29, 1.82) is 0 Å². The van der Waals surface area contributed by atoms with Crippen molar-refractivity contribution in [2.75, 3.05) is 13.1 Å². The van der Waals surface area contributed by atoms with Gasteiger partial charge in [0.15, 0.2) is 0 Å². The molecule has 0 saturated carbocycles. The first-order chi connectivity index (χ1) is 14.9. The summed E-state index contributed by atoms with van der Waals surface area (Å²) in [5.41, 5.74) is 1.07. The second-order valence-electron chi connectivity index (χ2n) is 8.82. The van der Waals surface area contributed by atoms with Crippen molar-refractivity contribution in [3.63, 3.8) is 0 Å². The minimum atomic E-state index is -0.685. The van der Waals surface area contributed by atoms with Crippen LogP contribution < -0.4 is 21.3 Å². The molecule has 0 aliphatic carbocycles. The smallest absolute Gasteiger partial charge is 0.243 e. The maximum absolute atomic E-state index is 13.2. The van der Waals surface area contributed by atoms with E-state index in [0.717, 1.165) is 37.8 Å². The third kappa shape index (κ3) is 9.09. The second kappa shape index (κ2) is 13.1. The number of rotatable bonds is 4. The van der Waals surface area contributed by atoms with Gasteiger partial charge in [0.05, 0.1) is 6.04 Å². The summed E-state index contributed by atoms with van der Waals surface area (Å²) < 4.78 is 0. The summed E-state index contributed by atoms with van der Waals surface area (Å²) in [4.78, 5) is 38.3. The van der Waals surface area contributed by atoms with Crippen LogP contribution in [-0.4, -0.2) is 48.9 Å². The average Bonchev–Trinajstić information content (AvgIpc) is 2.73. The van der Waals surface area contributed by atoms with E-state index < -0.39 is 18.1 Å². The Balaban J connectivity index is 2.17. The van der Waals surface area contributed by atoms with Crippen molar-refractivity contribution in [2.24, 2.45) is 5.92 Å². The molecule has 1 heterocycles. The van der Waals surface area contributed by atoms with E-state index in [1.807, 2.05) is 44.2 Å². The number of hydrogen-bond acceptors (Lipinski definition) is 4. The Kier molecular flexibility index (Phi) is 10.5. The topological polar surface area (TPSA) is 99.3 Å². The highest BCUT2D eigenvalue weighted by Crippen LogP contribution is 2.09. The molecule has 1 aromatic carbocycles. The fourth-order valence-electron chi connectivity index (χ4n) is 3.71. The molecule has 0 bridgehead atoms. The maximum atomic E-state index is 13.2. The maximum Gasteiger partial charge on any atom is 0.243 e. The summed E-state index contributed by atoms with van der Waals surface area (Å²) in [7, 11) is 0. The fourth-order valence-corrected chi connectivity index (χ4v) is 3.71. The van der Waals surface area contributed by atoms with E-state index in [-0.39, 0.29) is 23.6 Å². The minimum Gasteiger partial charge on any atom is -0.354 e. The van der Waals surface area contributed by atoms with Gasteiger partial charge in [0.1, 0.15) is 12.1 Å². The van der Waals surface area contributed by atoms with Crippen molar-refractivity contribution in [1.82, 2.24) is 21.3 Å². The highest BCUT2D eigenvalue weighted by atomic mass is 16.2. The first-order valence-corrected chi connectivity index (χ1v) is 11.5. The Morgan fingerprint density at radius 2 is 1.48 bits per heavy atom. The Morgan fingerprint density at radius 3 is 2.16 bits per heavy atom. The van der Waals surface area contributed by atoms with Crippen LogP contribution in [0, 0.1) is 5.92 Å². The average molecular weight is 431 g/mol. The number of amides is 3. The van der Waals surface area contributed by atoms with Crippen molar-refractivity contribution < 1.29 is 14.4 Å². The van der Waals surface area contributed by atoms with Gasteiger partial charge in [-0.15, -0.1) is 0 Å². The Labute approximate surface area is 186 Å². The monoisotopic (exact) mass is 430 g/mol. The summed E-state index contributed by atoms with van der Waals surface area (Å²) in [5, 5.41) is 12.0. The molecule has 172 valence electrons. The highest BCUT2D eigenvalue weighted by molar-refractivity contribution is 5.93. The van der Waals surface area contributed by atoms with Crippen molar-refractivity contribution in [2.45, 2.75) is 77.4 Å². The zero-order valence-corrected chi connectivity index (χ0v) is 19.1. The third-order valence-electron chi connectivity index (χ3n) is 5.48. The van der Waals surface area contributed by atoms with Crippen LogP contribution in [0.25, 0.3) is 0 Å². The van der Waals surface area contributed by atoms with Gasteiger partial charge >= 0.3 is 0 Å². The summed E-state index contributed by atoms with van der Waals surface area (Å²) in [6.45, 7) is 7.03. The molecule has 1 aliphatic rings. The molecule has 0 radical (unpaired) electrons. The quantitative estimate of drug-likeness (QED) is 0.586. The van der Waals surface area contributed by atoms with E-state index in [1.54, 1.807) is 6.92 Å². The fraction of sp³-hybridized carbons (Fsp3) is 0.625. The zero-order chi connectivity index (χ0) is 22.6. The molecule has 1 fully saturated rings. The van der Waals surface area contributed by atoms with Crippen LogP contribution in [0.2, 0.25) is 0 Å². The van der Waals surface area contributed by atoms with E-state index in [1.165, 1.54) is 0 Å². The van der Waals surface area contributed by atoms with Gasteiger partial charge in [-0.25, -0.2) is 0 Å². The molecule has 31 heavy (non-hydrogen) atoms. The molecule has 4 N–H and O–H groups in total. The summed E-state index contributed by atoms with van der Waals surface area (Å²) in [6.07, 6.45) is 4.96. The van der Waals surface area contributed by atoms with Crippen molar-refractivity contribution in [3.05, 3.63) is 35.9 Å². The normalized spacial score (nSPS) is 24.9. The Bertz CT molecular complexity index is 708. The van der Waals surface area contributed by atoms with Gasteiger partial charge in [-0.2, -0.15) is 0 Å². The van der Waals surface area contributed by atoms with E-state index in [0.29, 0.717) is 19.4 Å². The molecule has 1 saturated heterocycles. The lowest BCUT2D eigenvalue weighted by atomic mass is 10.0. The molecule has 3 atom stereocenters. The van der Waals surface area contributed by atoms with Gasteiger partial charge in [-0.05, 0) is 50.6 Å². The van der Waals surface area contributed by atoms with Crippen LogP contribution in [-0.2, 0) is 20.8 Å². The van der Waals surface area contributed by atoms with Gasteiger partial charge in [0.2, 0.25) is 17.7 Å². The highest BCUT2D eigenvalue weighted by Gasteiger charge is 2.28. The Hall–Kier alpha value is -2.41. The van der Waals surface area contributed by atoms with E-state index in [9.17, 15) is 14.4 Å². The number of hydrogen-bond donors (Lipinski definition) is 4. The molecule has 1 aliphatic heterocycles. The zero-order valence-electron chi connectivity index (χ0n) is 19.1. The molecule has 2 rings (SSSR count). The Morgan fingerprint density at radius 1 is 0.839 bits per heavy atom. The van der Waals surface area contributed by atoms with Crippen molar-refractivity contribution >= 4 is 17.7 Å². The standard InChI is InChI=1S/C24H38N4O3/c1-17(2)15-21-24(31)27-18(3)22(29)26-14-10-5-4-9-13-25-20(23(30)28-21)16-19-11-7-6-8-12-19/h6-8,11-12,17-18,20-21,25H,4-5,9-10,13-16H2,1-3H3,(H,26,29)(H,27,31)(H,28,30)/t18-,20-,21-/m0/s1. The number of carbonyl (C=O) groups is 3. The molecular formula is C24H38N4O3. The molecule has 1 aromatic rings. The second-order valence-corrected chi connectivity index (χ2v) is 8.82. The summed E-state index contributed by atoms with van der Waals surface area (Å²) >= 11 is 0. The van der Waals surface area contributed by atoms with E-state index >= 15 is 0 Å². The van der Waals surface area contributed by atoms with Crippen LogP contribution >= 0.6 is 0 Å². The minimum absolute atomic E-state index is 0.186. The lowest BCUT2D eigenvalue weighted by Crippen LogP contribution is -2.56. The van der Waals surface area contributed by atoms with Gasteiger partial charge in [0.25, 0.3) is 0 Å². The van der Waals surface area contributed by atoms with Crippen LogP contribution in [0.1, 0.15) is 58.4 Å². The summed E-state index contributed by atoms with van der Waals surface area (Å²) in [5.74, 6) is -0.492. The van der Waals surface area contributed by atoms with Gasteiger partial charge in [-0.3, -0.25) is 14.4 Å². The van der Waals surface area contributed by atoms with Crippen LogP contribution in [0.4, 0.5) is 0 Å². The molecule has 0 unspecified atom stereocenters. The number of carbonyl (C=O) groups excluding carboxylic acids is 3. The van der Waals surface area contributed by atoms with Crippen LogP contribution in [0.3, 0.4) is 0 Å². The molecular weight excluding hydrogens is 392 g/mol. The molecule has 0 spiro atoms. The molecule has 7 nitrogen and oxygen atoms in total. The van der Waals surface area contributed by atoms with Crippen molar-refractivity contribution in [3.8, 4) is 0 Å². The number of benzene rings is 1. The lowest BCUT2D eigenvalue weighted by Gasteiger charge is -2.26. The third-order valence-corrected chi connectivity index (χ3v) is 5.48. The SMILES string of the molecule is CC(C)C[C@@H]1NC(=O)[C@H](Cc2ccccc2)NCCCCCCNC(=O)[C@H](C)NC1=O. The predicted octanol–water partition coefficient (Wildman–Crippen LogP) is 1.91. The number of nitrogens with one attached hydrogen (secondary N) is 4. The van der Waals surface area contributed by atoms with E-state index in [4.69, 9.17) is 0 Å².